The van der Waals surface area contributed by atoms with E-state index in [1.54, 1.807) is 17.4 Å². The highest BCUT2D eigenvalue weighted by Crippen LogP contribution is 2.37. The molecule has 0 unspecified atom stereocenters. The Labute approximate surface area is 92.1 Å². The summed E-state index contributed by atoms with van der Waals surface area (Å²) in [6.45, 7) is 0. The van der Waals surface area contributed by atoms with Gasteiger partial charge in [-0.25, -0.2) is 0 Å². The fourth-order valence-corrected chi connectivity index (χ4v) is 2.95. The number of phenols is 1. The Balaban J connectivity index is 2.94. The molecule has 0 saturated carbocycles. The summed E-state index contributed by atoms with van der Waals surface area (Å²) in [5.41, 5.74) is 0. The molecule has 0 saturated heterocycles. The quantitative estimate of drug-likeness (QED) is 0.733. The molecule has 1 heterocycles. The number of rotatable bonds is 0. The lowest BCUT2D eigenvalue weighted by Gasteiger charge is -2.00. The van der Waals surface area contributed by atoms with E-state index in [2.05, 4.69) is 22.6 Å². The molecule has 62 valence electrons. The first kappa shape index (κ1) is 8.59. The van der Waals surface area contributed by atoms with Gasteiger partial charge in [0.25, 0.3) is 0 Å². The second kappa shape index (κ2) is 3.05. The van der Waals surface area contributed by atoms with Gasteiger partial charge in [0.15, 0.2) is 0 Å². The summed E-state index contributed by atoms with van der Waals surface area (Å²) in [7, 11) is 0. The summed E-state index contributed by atoms with van der Waals surface area (Å²) in [5.74, 6) is 0.163. The molecule has 2 aromatic rings. The first-order valence-corrected chi connectivity index (χ1v) is 5.58. The third-order valence-electron chi connectivity index (χ3n) is 1.62. The SMILES string of the molecule is Oc1cc2sccc2c(I)c1Cl. The van der Waals surface area contributed by atoms with E-state index >= 15 is 0 Å². The second-order valence-corrected chi connectivity index (χ2v) is 4.76. The first-order chi connectivity index (χ1) is 5.70. The van der Waals surface area contributed by atoms with E-state index in [1.807, 2.05) is 11.4 Å². The van der Waals surface area contributed by atoms with E-state index in [4.69, 9.17) is 11.6 Å². The van der Waals surface area contributed by atoms with Gasteiger partial charge in [-0.1, -0.05) is 11.6 Å². The second-order valence-electron chi connectivity index (χ2n) is 2.36. The molecular weight excluding hydrogens is 307 g/mol. The third kappa shape index (κ3) is 1.20. The van der Waals surface area contributed by atoms with Crippen molar-refractivity contribution in [1.82, 2.24) is 0 Å². The van der Waals surface area contributed by atoms with Crippen molar-refractivity contribution in [2.24, 2.45) is 0 Å². The van der Waals surface area contributed by atoms with Crippen LogP contribution < -0.4 is 0 Å². The summed E-state index contributed by atoms with van der Waals surface area (Å²) >= 11 is 9.60. The van der Waals surface area contributed by atoms with Crippen LogP contribution in [0.3, 0.4) is 0 Å². The van der Waals surface area contributed by atoms with Gasteiger partial charge in [0.1, 0.15) is 5.75 Å². The number of fused-ring (bicyclic) bond motifs is 1. The predicted octanol–water partition coefficient (Wildman–Crippen LogP) is 3.86. The predicted molar refractivity (Wildman–Crippen MR) is 61.2 cm³/mol. The monoisotopic (exact) mass is 310 g/mol. The Hall–Kier alpha value is -0.000000000000000167. The molecular formula is C8H4ClIOS. The Morgan fingerprint density at radius 1 is 1.50 bits per heavy atom. The Kier molecular flexibility index (Phi) is 2.18. The van der Waals surface area contributed by atoms with Crippen molar-refractivity contribution in [3.8, 4) is 5.75 Å². The largest absolute Gasteiger partial charge is 0.506 e. The molecule has 0 amide bonds. The highest BCUT2D eigenvalue weighted by molar-refractivity contribution is 14.1. The van der Waals surface area contributed by atoms with Gasteiger partial charge in [0, 0.05) is 13.7 Å². The van der Waals surface area contributed by atoms with Crippen molar-refractivity contribution >= 4 is 55.6 Å². The summed E-state index contributed by atoms with van der Waals surface area (Å²) < 4.78 is 1.99. The first-order valence-electron chi connectivity index (χ1n) is 3.24. The average molecular weight is 311 g/mol. The maximum Gasteiger partial charge on any atom is 0.136 e. The topological polar surface area (TPSA) is 20.2 Å². The highest BCUT2D eigenvalue weighted by atomic mass is 127. The van der Waals surface area contributed by atoms with Crippen LogP contribution in [0.2, 0.25) is 5.02 Å². The molecule has 0 aliphatic carbocycles. The number of hydrogen-bond donors (Lipinski definition) is 1. The molecule has 0 aliphatic heterocycles. The minimum absolute atomic E-state index is 0.163. The van der Waals surface area contributed by atoms with E-state index in [9.17, 15) is 5.11 Å². The smallest absolute Gasteiger partial charge is 0.136 e. The summed E-state index contributed by atoms with van der Waals surface area (Å²) in [6.07, 6.45) is 0. The number of phenolic OH excluding ortho intramolecular Hbond substituents is 1. The van der Waals surface area contributed by atoms with Crippen molar-refractivity contribution in [2.45, 2.75) is 0 Å². The minimum atomic E-state index is 0.163. The molecule has 0 spiro atoms. The van der Waals surface area contributed by atoms with E-state index in [1.165, 1.54) is 0 Å². The zero-order valence-electron chi connectivity index (χ0n) is 5.84. The van der Waals surface area contributed by atoms with E-state index < -0.39 is 0 Å². The maximum atomic E-state index is 9.39. The summed E-state index contributed by atoms with van der Waals surface area (Å²) in [4.78, 5) is 0. The fourth-order valence-electron chi connectivity index (χ4n) is 1.03. The Morgan fingerprint density at radius 2 is 2.25 bits per heavy atom. The van der Waals surface area contributed by atoms with Crippen molar-refractivity contribution in [3.63, 3.8) is 0 Å². The molecule has 0 bridgehead atoms. The molecule has 12 heavy (non-hydrogen) atoms. The van der Waals surface area contributed by atoms with Crippen LogP contribution in [0.4, 0.5) is 0 Å². The normalized spacial score (nSPS) is 10.8. The highest BCUT2D eigenvalue weighted by Gasteiger charge is 2.08. The average Bonchev–Trinajstić information content (AvgIpc) is 2.48. The van der Waals surface area contributed by atoms with Crippen LogP contribution in [-0.2, 0) is 0 Å². The fraction of sp³-hybridized carbons (Fsp3) is 0. The van der Waals surface area contributed by atoms with Gasteiger partial charge in [-0.3, -0.25) is 0 Å². The standard InChI is InChI=1S/C8H4ClIOS/c9-7-5(11)3-6-4(8(7)10)1-2-12-6/h1-3,11H. The van der Waals surface area contributed by atoms with Gasteiger partial charge in [0.05, 0.1) is 5.02 Å². The van der Waals surface area contributed by atoms with Gasteiger partial charge < -0.3 is 5.11 Å². The molecule has 0 aliphatic rings. The van der Waals surface area contributed by atoms with Crippen LogP contribution in [0, 0.1) is 3.57 Å². The maximum absolute atomic E-state index is 9.39. The van der Waals surface area contributed by atoms with E-state index in [-0.39, 0.29) is 5.75 Å². The number of aromatic hydroxyl groups is 1. The lowest BCUT2D eigenvalue weighted by atomic mass is 10.2. The summed E-state index contributed by atoms with van der Waals surface area (Å²) in [5, 5.41) is 12.9. The zero-order chi connectivity index (χ0) is 8.72. The molecule has 4 heteroatoms. The lowest BCUT2D eigenvalue weighted by Crippen LogP contribution is -1.76. The molecule has 1 N–H and O–H groups in total. The van der Waals surface area contributed by atoms with Crippen molar-refractivity contribution in [1.29, 1.82) is 0 Å². The number of halogens is 2. The molecule has 1 nitrogen and oxygen atoms in total. The Morgan fingerprint density at radius 3 is 3.00 bits per heavy atom. The number of benzene rings is 1. The molecule has 0 fully saturated rings. The van der Waals surface area contributed by atoms with E-state index in [0.717, 1.165) is 13.7 Å². The molecule has 0 radical (unpaired) electrons. The van der Waals surface area contributed by atoms with Gasteiger partial charge in [0.2, 0.25) is 0 Å². The van der Waals surface area contributed by atoms with Gasteiger partial charge >= 0.3 is 0 Å². The van der Waals surface area contributed by atoms with Crippen molar-refractivity contribution in [2.75, 3.05) is 0 Å². The van der Waals surface area contributed by atoms with Crippen LogP contribution in [0.25, 0.3) is 10.1 Å². The molecule has 0 atom stereocenters. The third-order valence-corrected chi connectivity index (χ3v) is 4.30. The van der Waals surface area contributed by atoms with Crippen LogP contribution in [-0.4, -0.2) is 5.11 Å². The van der Waals surface area contributed by atoms with Gasteiger partial charge in [-0.2, -0.15) is 0 Å². The minimum Gasteiger partial charge on any atom is -0.506 e. The van der Waals surface area contributed by atoms with Crippen LogP contribution in [0.1, 0.15) is 0 Å². The van der Waals surface area contributed by atoms with Crippen LogP contribution >= 0.6 is 45.5 Å². The number of hydrogen-bond acceptors (Lipinski definition) is 2. The molecule has 1 aromatic heterocycles. The zero-order valence-corrected chi connectivity index (χ0v) is 9.57. The van der Waals surface area contributed by atoms with Crippen LogP contribution in [0.15, 0.2) is 17.5 Å². The van der Waals surface area contributed by atoms with Crippen LogP contribution in [0.5, 0.6) is 5.75 Å². The molecule has 1 aromatic carbocycles. The van der Waals surface area contributed by atoms with Gasteiger partial charge in [-0.15, -0.1) is 11.3 Å². The van der Waals surface area contributed by atoms with Crippen molar-refractivity contribution in [3.05, 3.63) is 26.1 Å². The Bertz CT molecular complexity index is 438. The van der Waals surface area contributed by atoms with E-state index in [0.29, 0.717) is 5.02 Å². The van der Waals surface area contributed by atoms with Gasteiger partial charge in [-0.05, 0) is 40.1 Å². The molecule has 2 rings (SSSR count). The number of thiophene rings is 1. The summed E-state index contributed by atoms with van der Waals surface area (Å²) in [6, 6.07) is 3.71. The lowest BCUT2D eigenvalue weighted by molar-refractivity contribution is 0.476. The van der Waals surface area contributed by atoms with Crippen molar-refractivity contribution < 1.29 is 5.11 Å².